The van der Waals surface area contributed by atoms with E-state index in [2.05, 4.69) is 17.1 Å². The van der Waals surface area contributed by atoms with Crippen LogP contribution in [-0.2, 0) is 4.79 Å². The zero-order chi connectivity index (χ0) is 15.2. The number of halogens is 1. The average molecular weight is 293 g/mol. The van der Waals surface area contributed by atoms with Gasteiger partial charge in [-0.15, -0.1) is 0 Å². The van der Waals surface area contributed by atoms with Gasteiger partial charge >= 0.3 is 0 Å². The number of hydrogen-bond donors (Lipinski definition) is 2. The van der Waals surface area contributed by atoms with E-state index < -0.39 is 5.82 Å². The van der Waals surface area contributed by atoms with Crippen molar-refractivity contribution in [2.45, 2.75) is 32.2 Å². The Morgan fingerprint density at radius 2 is 2.24 bits per heavy atom. The Morgan fingerprint density at radius 3 is 2.90 bits per heavy atom. The molecular formula is C16H24FN3O. The normalized spacial score (nSPS) is 23.0. The number of nitrogens with two attached hydrogens (primary N) is 1. The fraction of sp³-hybridized carbons (Fsp3) is 0.562. The first kappa shape index (κ1) is 15.9. The van der Waals surface area contributed by atoms with Crippen molar-refractivity contribution in [3.8, 4) is 0 Å². The summed E-state index contributed by atoms with van der Waals surface area (Å²) in [7, 11) is 0. The lowest BCUT2D eigenvalue weighted by Gasteiger charge is -2.38. The highest BCUT2D eigenvalue weighted by atomic mass is 19.1. The fourth-order valence-electron chi connectivity index (χ4n) is 2.94. The molecule has 0 bridgehead atoms. The van der Waals surface area contributed by atoms with E-state index >= 15 is 0 Å². The van der Waals surface area contributed by atoms with Crippen LogP contribution in [0.4, 0.5) is 10.1 Å². The third-order valence-electron chi connectivity index (χ3n) is 4.29. The largest absolute Gasteiger partial charge is 0.329 e. The van der Waals surface area contributed by atoms with E-state index in [0.717, 1.165) is 25.8 Å². The molecule has 0 saturated carbocycles. The molecule has 2 unspecified atom stereocenters. The molecule has 1 aliphatic rings. The Bertz CT molecular complexity index is 480. The number of anilines is 1. The summed E-state index contributed by atoms with van der Waals surface area (Å²) in [5.74, 6) is 0.101. The number of piperidine rings is 1. The van der Waals surface area contributed by atoms with Crippen LogP contribution in [0.3, 0.4) is 0 Å². The predicted molar refractivity (Wildman–Crippen MR) is 82.5 cm³/mol. The van der Waals surface area contributed by atoms with Gasteiger partial charge in [-0.2, -0.15) is 0 Å². The van der Waals surface area contributed by atoms with E-state index in [9.17, 15) is 9.18 Å². The minimum absolute atomic E-state index is 0.187. The monoisotopic (exact) mass is 293 g/mol. The number of hydrogen-bond acceptors (Lipinski definition) is 3. The van der Waals surface area contributed by atoms with Crippen molar-refractivity contribution in [1.29, 1.82) is 0 Å². The molecule has 3 N–H and O–H groups in total. The Labute approximate surface area is 125 Å². The van der Waals surface area contributed by atoms with E-state index in [0.29, 0.717) is 12.5 Å². The summed E-state index contributed by atoms with van der Waals surface area (Å²) < 4.78 is 13.5. The topological polar surface area (TPSA) is 58.4 Å². The lowest BCUT2D eigenvalue weighted by Crippen LogP contribution is -2.49. The number of rotatable bonds is 5. The molecule has 5 heteroatoms. The summed E-state index contributed by atoms with van der Waals surface area (Å²) >= 11 is 0. The molecule has 116 valence electrons. The number of carbonyl (C=O) groups excluding carboxylic acids is 1. The minimum atomic E-state index is -0.411. The molecule has 1 heterocycles. The quantitative estimate of drug-likeness (QED) is 0.875. The fourth-order valence-corrected chi connectivity index (χ4v) is 2.94. The van der Waals surface area contributed by atoms with Crippen LogP contribution in [0.2, 0.25) is 0 Å². The molecule has 1 amide bonds. The maximum atomic E-state index is 13.5. The van der Waals surface area contributed by atoms with Crippen molar-refractivity contribution in [3.63, 3.8) is 0 Å². The van der Waals surface area contributed by atoms with Crippen molar-refractivity contribution in [3.05, 3.63) is 30.1 Å². The predicted octanol–water partition coefficient (Wildman–Crippen LogP) is 2.21. The van der Waals surface area contributed by atoms with E-state index in [4.69, 9.17) is 5.73 Å². The van der Waals surface area contributed by atoms with Crippen LogP contribution in [0.1, 0.15) is 26.2 Å². The number of amides is 1. The maximum Gasteiger partial charge on any atom is 0.238 e. The third kappa shape index (κ3) is 4.25. The Hall–Kier alpha value is -1.46. The summed E-state index contributed by atoms with van der Waals surface area (Å²) in [4.78, 5) is 14.2. The van der Waals surface area contributed by atoms with Crippen molar-refractivity contribution < 1.29 is 9.18 Å². The van der Waals surface area contributed by atoms with E-state index in [1.54, 1.807) is 18.2 Å². The zero-order valence-corrected chi connectivity index (χ0v) is 12.5. The smallest absolute Gasteiger partial charge is 0.238 e. The van der Waals surface area contributed by atoms with Crippen LogP contribution in [-0.4, -0.2) is 36.5 Å². The van der Waals surface area contributed by atoms with Crippen molar-refractivity contribution in [2.75, 3.05) is 25.0 Å². The Balaban J connectivity index is 1.91. The number of nitrogens with one attached hydrogen (secondary N) is 1. The number of nitrogens with zero attached hydrogens (tertiary/aromatic N) is 1. The first-order valence-electron chi connectivity index (χ1n) is 7.62. The second kappa shape index (κ2) is 7.52. The Morgan fingerprint density at radius 1 is 1.48 bits per heavy atom. The summed E-state index contributed by atoms with van der Waals surface area (Å²) in [5.41, 5.74) is 6.06. The van der Waals surface area contributed by atoms with E-state index in [1.165, 1.54) is 6.07 Å². The molecule has 21 heavy (non-hydrogen) atoms. The molecule has 0 aliphatic carbocycles. The van der Waals surface area contributed by atoms with Gasteiger partial charge in [0.25, 0.3) is 0 Å². The molecule has 1 aromatic rings. The van der Waals surface area contributed by atoms with Gasteiger partial charge in [-0.25, -0.2) is 4.39 Å². The molecule has 2 atom stereocenters. The third-order valence-corrected chi connectivity index (χ3v) is 4.29. The van der Waals surface area contributed by atoms with Gasteiger partial charge in [0, 0.05) is 12.6 Å². The second-order valence-corrected chi connectivity index (χ2v) is 5.69. The highest BCUT2D eigenvalue weighted by Gasteiger charge is 2.27. The molecule has 0 spiro atoms. The first-order chi connectivity index (χ1) is 10.1. The van der Waals surface area contributed by atoms with Gasteiger partial charge in [-0.3, -0.25) is 9.69 Å². The number of para-hydroxylation sites is 1. The van der Waals surface area contributed by atoms with Gasteiger partial charge in [0.15, 0.2) is 0 Å². The zero-order valence-electron chi connectivity index (χ0n) is 12.5. The number of benzene rings is 1. The van der Waals surface area contributed by atoms with Crippen LogP contribution < -0.4 is 11.1 Å². The number of carbonyl (C=O) groups is 1. The van der Waals surface area contributed by atoms with Crippen molar-refractivity contribution >= 4 is 11.6 Å². The van der Waals surface area contributed by atoms with Crippen LogP contribution in [0.25, 0.3) is 0 Å². The van der Waals surface area contributed by atoms with Gasteiger partial charge in [0.2, 0.25) is 5.91 Å². The van der Waals surface area contributed by atoms with Gasteiger partial charge in [0.05, 0.1) is 12.2 Å². The van der Waals surface area contributed by atoms with E-state index in [1.807, 2.05) is 0 Å². The summed E-state index contributed by atoms with van der Waals surface area (Å²) in [6.45, 7) is 3.90. The molecule has 4 nitrogen and oxygen atoms in total. The summed E-state index contributed by atoms with van der Waals surface area (Å²) in [6.07, 6.45) is 3.30. The van der Waals surface area contributed by atoms with Gasteiger partial charge in [0.1, 0.15) is 5.82 Å². The van der Waals surface area contributed by atoms with Gasteiger partial charge in [-0.1, -0.05) is 25.5 Å². The molecule has 1 fully saturated rings. The SMILES string of the molecule is CCC1CCN(CC(=O)Nc2ccccc2F)C(CN)C1. The lowest BCUT2D eigenvalue weighted by atomic mass is 9.89. The molecule has 1 aromatic carbocycles. The number of likely N-dealkylation sites (tertiary alicyclic amines) is 1. The van der Waals surface area contributed by atoms with Gasteiger partial charge < -0.3 is 11.1 Å². The molecular weight excluding hydrogens is 269 g/mol. The standard InChI is InChI=1S/C16H24FN3O/c1-2-12-7-8-20(13(9-12)10-18)11-16(21)19-15-6-4-3-5-14(15)17/h3-6,12-13H,2,7-11,18H2,1H3,(H,19,21). The summed E-state index contributed by atoms with van der Waals surface area (Å²) in [6, 6.07) is 6.45. The van der Waals surface area contributed by atoms with E-state index in [-0.39, 0.29) is 24.2 Å². The van der Waals surface area contributed by atoms with Crippen molar-refractivity contribution in [2.24, 2.45) is 11.7 Å². The van der Waals surface area contributed by atoms with Crippen LogP contribution in [0, 0.1) is 11.7 Å². The minimum Gasteiger partial charge on any atom is -0.329 e. The highest BCUT2D eigenvalue weighted by Crippen LogP contribution is 2.24. The molecule has 1 saturated heterocycles. The van der Waals surface area contributed by atoms with Gasteiger partial charge in [-0.05, 0) is 37.4 Å². The second-order valence-electron chi connectivity index (χ2n) is 5.69. The Kier molecular flexibility index (Phi) is 5.70. The van der Waals surface area contributed by atoms with Crippen LogP contribution >= 0.6 is 0 Å². The molecule has 0 aromatic heterocycles. The van der Waals surface area contributed by atoms with Crippen LogP contribution in [0.5, 0.6) is 0 Å². The highest BCUT2D eigenvalue weighted by molar-refractivity contribution is 5.92. The lowest BCUT2D eigenvalue weighted by molar-refractivity contribution is -0.118. The van der Waals surface area contributed by atoms with Crippen molar-refractivity contribution in [1.82, 2.24) is 4.90 Å². The average Bonchev–Trinajstić information content (AvgIpc) is 2.50. The first-order valence-corrected chi connectivity index (χ1v) is 7.62. The molecule has 2 rings (SSSR count). The molecule has 1 aliphatic heterocycles. The molecule has 0 radical (unpaired) electrons. The van der Waals surface area contributed by atoms with Crippen LogP contribution in [0.15, 0.2) is 24.3 Å². The maximum absolute atomic E-state index is 13.5. The summed E-state index contributed by atoms with van der Waals surface area (Å²) in [5, 5.41) is 2.63.